The number of esters is 3. The van der Waals surface area contributed by atoms with E-state index in [0.29, 0.717) is 18.4 Å². The van der Waals surface area contributed by atoms with Crippen LogP contribution in [-0.4, -0.2) is 47.7 Å². The molecule has 9 heteroatoms. The van der Waals surface area contributed by atoms with E-state index in [4.69, 9.17) is 14.2 Å². The second-order valence-corrected chi connectivity index (χ2v) is 11.2. The molecule has 0 amide bonds. The molecule has 0 aliphatic rings. The molecule has 0 saturated heterocycles. The van der Waals surface area contributed by atoms with Gasteiger partial charge in [0.1, 0.15) is 12.1 Å². The molecule has 39 heavy (non-hydrogen) atoms. The van der Waals surface area contributed by atoms with Crippen LogP contribution < -0.4 is 14.8 Å². The van der Waals surface area contributed by atoms with Crippen LogP contribution in [0.1, 0.15) is 105 Å². The Hall–Kier alpha value is -2.94. The third kappa shape index (κ3) is 15.3. The van der Waals surface area contributed by atoms with Crippen molar-refractivity contribution >= 4 is 23.9 Å². The van der Waals surface area contributed by atoms with Crippen molar-refractivity contribution in [3.63, 3.8) is 0 Å². The van der Waals surface area contributed by atoms with Crippen LogP contribution in [0.5, 0.6) is 11.5 Å². The number of benzene rings is 1. The molecule has 2 atom stereocenters. The standard InChI is InChI=1S/C30H47NO8/c1-7-9-11-13-26(32)38-24-16-15-22(18-25(24)39-27(33)14-12-10-8-2)17-23(29(35)36)31-20-21(3)37-28(34)19-30(4,5)6/h15-16,18,21,23,31H,7-14,17,19-20H2,1-6H3,(H,35,36)/t21?,23-/m0/s1. The molecule has 0 spiro atoms. The van der Waals surface area contributed by atoms with Gasteiger partial charge in [-0.3, -0.25) is 19.2 Å². The average molecular weight is 550 g/mol. The summed E-state index contributed by atoms with van der Waals surface area (Å²) < 4.78 is 16.4. The Morgan fingerprint density at radius 1 is 0.872 bits per heavy atom. The van der Waals surface area contributed by atoms with Crippen molar-refractivity contribution < 1.29 is 38.5 Å². The van der Waals surface area contributed by atoms with Crippen LogP contribution in [0.3, 0.4) is 0 Å². The third-order valence-corrected chi connectivity index (χ3v) is 5.82. The molecule has 9 nitrogen and oxygen atoms in total. The molecule has 1 aromatic carbocycles. The van der Waals surface area contributed by atoms with Crippen molar-refractivity contribution in [3.05, 3.63) is 23.8 Å². The van der Waals surface area contributed by atoms with Crippen LogP contribution >= 0.6 is 0 Å². The highest BCUT2D eigenvalue weighted by atomic mass is 16.6. The third-order valence-electron chi connectivity index (χ3n) is 5.82. The van der Waals surface area contributed by atoms with Gasteiger partial charge >= 0.3 is 23.9 Å². The van der Waals surface area contributed by atoms with Crippen LogP contribution in [-0.2, 0) is 30.3 Å². The Bertz CT molecular complexity index is 937. The Labute approximate surface area is 233 Å². The van der Waals surface area contributed by atoms with Crippen LogP contribution in [0.4, 0.5) is 0 Å². The zero-order valence-corrected chi connectivity index (χ0v) is 24.5. The second kappa shape index (κ2) is 17.6. The number of hydrogen-bond donors (Lipinski definition) is 2. The summed E-state index contributed by atoms with van der Waals surface area (Å²) in [5.74, 6) is -2.06. The van der Waals surface area contributed by atoms with Crippen LogP contribution in [0, 0.1) is 5.41 Å². The van der Waals surface area contributed by atoms with Crippen molar-refractivity contribution in [2.24, 2.45) is 5.41 Å². The van der Waals surface area contributed by atoms with E-state index in [1.807, 2.05) is 34.6 Å². The maximum absolute atomic E-state index is 12.4. The lowest BCUT2D eigenvalue weighted by atomic mass is 9.92. The van der Waals surface area contributed by atoms with E-state index in [2.05, 4.69) is 5.32 Å². The summed E-state index contributed by atoms with van der Waals surface area (Å²) in [6, 6.07) is 3.73. The van der Waals surface area contributed by atoms with Gasteiger partial charge in [0.05, 0.1) is 6.42 Å². The number of aliphatic carboxylic acids is 1. The normalized spacial score (nSPS) is 12.9. The first kappa shape index (κ1) is 34.1. The van der Waals surface area contributed by atoms with Crippen molar-refractivity contribution in [1.29, 1.82) is 0 Å². The molecule has 0 radical (unpaired) electrons. The fourth-order valence-electron chi connectivity index (χ4n) is 3.76. The Morgan fingerprint density at radius 3 is 1.95 bits per heavy atom. The van der Waals surface area contributed by atoms with E-state index >= 15 is 0 Å². The second-order valence-electron chi connectivity index (χ2n) is 11.2. The van der Waals surface area contributed by atoms with E-state index in [0.717, 1.165) is 25.7 Å². The molecule has 0 aromatic heterocycles. The maximum Gasteiger partial charge on any atom is 0.321 e. The smallest absolute Gasteiger partial charge is 0.321 e. The molecule has 0 heterocycles. The van der Waals surface area contributed by atoms with E-state index in [-0.39, 0.29) is 55.1 Å². The van der Waals surface area contributed by atoms with Gasteiger partial charge in [-0.15, -0.1) is 0 Å². The van der Waals surface area contributed by atoms with Gasteiger partial charge in [0.15, 0.2) is 11.5 Å². The highest BCUT2D eigenvalue weighted by Gasteiger charge is 2.23. The first-order valence-electron chi connectivity index (χ1n) is 14.0. The summed E-state index contributed by atoms with van der Waals surface area (Å²) in [4.78, 5) is 48.8. The molecule has 220 valence electrons. The minimum atomic E-state index is -1.08. The Balaban J connectivity index is 2.94. The molecule has 0 aliphatic carbocycles. The number of carbonyl (C=O) groups excluding carboxylic acids is 3. The quantitative estimate of drug-likeness (QED) is 0.136. The lowest BCUT2D eigenvalue weighted by Gasteiger charge is -2.21. The molecule has 0 fully saturated rings. The minimum absolute atomic E-state index is 0.0725. The largest absolute Gasteiger partial charge is 0.480 e. The Kier molecular flexibility index (Phi) is 15.4. The number of ether oxygens (including phenoxy) is 3. The number of carboxylic acid groups (broad SMARTS) is 1. The zero-order chi connectivity index (χ0) is 29.4. The topological polar surface area (TPSA) is 128 Å². The zero-order valence-electron chi connectivity index (χ0n) is 24.5. The molecule has 1 unspecified atom stereocenters. The minimum Gasteiger partial charge on any atom is -0.480 e. The number of carboxylic acids is 1. The van der Waals surface area contributed by atoms with Gasteiger partial charge in [-0.25, -0.2) is 0 Å². The lowest BCUT2D eigenvalue weighted by molar-refractivity contribution is -0.150. The van der Waals surface area contributed by atoms with Crippen molar-refractivity contribution in [3.8, 4) is 11.5 Å². The van der Waals surface area contributed by atoms with Gasteiger partial charge < -0.3 is 24.6 Å². The summed E-state index contributed by atoms with van der Waals surface area (Å²) in [6.07, 6.45) is 5.42. The van der Waals surface area contributed by atoms with Gasteiger partial charge in [-0.05, 0) is 49.3 Å². The summed E-state index contributed by atoms with van der Waals surface area (Å²) >= 11 is 0. The first-order chi connectivity index (χ1) is 18.3. The van der Waals surface area contributed by atoms with E-state index in [1.165, 1.54) is 12.1 Å². The summed E-state index contributed by atoms with van der Waals surface area (Å²) in [5, 5.41) is 12.7. The summed E-state index contributed by atoms with van der Waals surface area (Å²) in [5.41, 5.74) is 0.371. The predicted octanol–water partition coefficient (Wildman–Crippen LogP) is 5.61. The number of unbranched alkanes of at least 4 members (excludes halogenated alkanes) is 4. The summed E-state index contributed by atoms with van der Waals surface area (Å²) in [6.45, 7) is 11.7. The summed E-state index contributed by atoms with van der Waals surface area (Å²) in [7, 11) is 0. The monoisotopic (exact) mass is 549 g/mol. The number of rotatable bonds is 18. The lowest BCUT2D eigenvalue weighted by Crippen LogP contribution is -2.42. The highest BCUT2D eigenvalue weighted by molar-refractivity contribution is 5.77. The van der Waals surface area contributed by atoms with Gasteiger partial charge in [0.25, 0.3) is 0 Å². The fourth-order valence-corrected chi connectivity index (χ4v) is 3.76. The molecule has 0 aliphatic heterocycles. The van der Waals surface area contributed by atoms with E-state index < -0.39 is 30.1 Å². The van der Waals surface area contributed by atoms with Crippen molar-refractivity contribution in [2.75, 3.05) is 6.54 Å². The van der Waals surface area contributed by atoms with E-state index in [9.17, 15) is 24.3 Å². The van der Waals surface area contributed by atoms with Gasteiger partial charge in [-0.2, -0.15) is 0 Å². The number of carbonyl (C=O) groups is 4. The fraction of sp³-hybridized carbons (Fsp3) is 0.667. The Morgan fingerprint density at radius 2 is 1.44 bits per heavy atom. The van der Waals surface area contributed by atoms with Gasteiger partial charge in [0, 0.05) is 19.4 Å². The molecule has 1 rings (SSSR count). The molecular formula is C30H47NO8. The van der Waals surface area contributed by atoms with Crippen LogP contribution in [0.15, 0.2) is 18.2 Å². The van der Waals surface area contributed by atoms with Gasteiger partial charge in [-0.1, -0.05) is 66.4 Å². The van der Waals surface area contributed by atoms with Crippen molar-refractivity contribution in [1.82, 2.24) is 5.32 Å². The number of nitrogens with one attached hydrogen (secondary N) is 1. The van der Waals surface area contributed by atoms with Crippen molar-refractivity contribution in [2.45, 2.75) is 118 Å². The predicted molar refractivity (Wildman–Crippen MR) is 149 cm³/mol. The molecule has 0 saturated carbocycles. The van der Waals surface area contributed by atoms with Crippen LogP contribution in [0.25, 0.3) is 0 Å². The molecular weight excluding hydrogens is 502 g/mol. The maximum atomic E-state index is 12.4. The highest BCUT2D eigenvalue weighted by Crippen LogP contribution is 2.30. The molecule has 2 N–H and O–H groups in total. The van der Waals surface area contributed by atoms with Crippen LogP contribution in [0.2, 0.25) is 0 Å². The SMILES string of the molecule is CCCCCC(=O)Oc1ccc(C[C@H](NCC(C)OC(=O)CC(C)(C)C)C(=O)O)cc1OC(=O)CCCCC. The molecule has 1 aromatic rings. The number of hydrogen-bond acceptors (Lipinski definition) is 8. The first-order valence-corrected chi connectivity index (χ1v) is 14.0. The average Bonchev–Trinajstić information content (AvgIpc) is 2.82. The van der Waals surface area contributed by atoms with E-state index in [1.54, 1.807) is 13.0 Å². The van der Waals surface area contributed by atoms with Gasteiger partial charge in [0.2, 0.25) is 0 Å². The molecule has 0 bridgehead atoms.